The van der Waals surface area contributed by atoms with Crippen LogP contribution in [0.1, 0.15) is 43.2 Å². The molecule has 1 aliphatic carbocycles. The number of carbonyl (C=O) groups is 2. The van der Waals surface area contributed by atoms with Crippen LogP contribution in [0.2, 0.25) is 0 Å². The fourth-order valence-electron chi connectivity index (χ4n) is 3.81. The molecular weight excluding hydrogens is 320 g/mol. The summed E-state index contributed by atoms with van der Waals surface area (Å²) in [7, 11) is 0. The van der Waals surface area contributed by atoms with Crippen molar-refractivity contribution in [3.05, 3.63) is 29.3 Å². The maximum absolute atomic E-state index is 12.7. The normalized spacial score (nSPS) is 20.7. The van der Waals surface area contributed by atoms with E-state index < -0.39 is 17.7 Å². The van der Waals surface area contributed by atoms with E-state index in [1.165, 1.54) is 0 Å². The molecule has 1 aliphatic heterocycles. The second kappa shape index (κ2) is 7.04. The molecule has 0 bridgehead atoms. The fourth-order valence-corrected chi connectivity index (χ4v) is 3.81. The largest absolute Gasteiger partial charge is 0.490 e. The number of aryl methyl sites for hydroxylation is 2. The van der Waals surface area contributed by atoms with Gasteiger partial charge in [-0.3, -0.25) is 9.69 Å². The van der Waals surface area contributed by atoms with Crippen molar-refractivity contribution >= 4 is 11.9 Å². The summed E-state index contributed by atoms with van der Waals surface area (Å²) >= 11 is 0. The number of para-hydroxylation sites is 1. The predicted molar refractivity (Wildman–Crippen MR) is 93.5 cm³/mol. The minimum Gasteiger partial charge on any atom is -0.490 e. The van der Waals surface area contributed by atoms with Crippen LogP contribution in [0.3, 0.4) is 0 Å². The highest BCUT2D eigenvalue weighted by Crippen LogP contribution is 2.33. The highest BCUT2D eigenvalue weighted by Gasteiger charge is 2.51. The smallest absolute Gasteiger partial charge is 0.325 e. The summed E-state index contributed by atoms with van der Waals surface area (Å²) in [4.78, 5) is 26.1. The van der Waals surface area contributed by atoms with E-state index in [-0.39, 0.29) is 19.1 Å². The van der Waals surface area contributed by atoms with E-state index in [4.69, 9.17) is 4.74 Å². The summed E-state index contributed by atoms with van der Waals surface area (Å²) in [6, 6.07) is 5.43. The van der Waals surface area contributed by atoms with Gasteiger partial charge in [-0.25, -0.2) is 4.79 Å². The number of ether oxygens (including phenoxy) is 1. The van der Waals surface area contributed by atoms with E-state index >= 15 is 0 Å². The van der Waals surface area contributed by atoms with Crippen LogP contribution in [0.4, 0.5) is 4.79 Å². The van der Waals surface area contributed by atoms with Crippen molar-refractivity contribution in [2.45, 2.75) is 57.6 Å². The van der Waals surface area contributed by atoms with Gasteiger partial charge in [0.05, 0.1) is 6.54 Å². The number of nitrogens with zero attached hydrogens (tertiary/aromatic N) is 1. The minimum atomic E-state index is -0.924. The second-order valence-corrected chi connectivity index (χ2v) is 7.17. The van der Waals surface area contributed by atoms with E-state index in [1.54, 1.807) is 0 Å². The Balaban J connectivity index is 1.60. The third-order valence-corrected chi connectivity index (χ3v) is 5.18. The molecule has 1 aromatic carbocycles. The van der Waals surface area contributed by atoms with Crippen molar-refractivity contribution in [2.24, 2.45) is 0 Å². The number of amides is 3. The molecule has 3 amide bonds. The zero-order valence-electron chi connectivity index (χ0n) is 14.9. The zero-order chi connectivity index (χ0) is 18.0. The number of rotatable bonds is 5. The molecule has 1 spiro atoms. The molecule has 1 heterocycles. The summed E-state index contributed by atoms with van der Waals surface area (Å²) in [6.45, 7) is 3.88. The van der Waals surface area contributed by atoms with Crippen molar-refractivity contribution in [3.8, 4) is 5.75 Å². The Labute approximate surface area is 148 Å². The molecule has 2 N–H and O–H groups in total. The van der Waals surface area contributed by atoms with Crippen molar-refractivity contribution in [2.75, 3.05) is 13.2 Å². The molecule has 136 valence electrons. The van der Waals surface area contributed by atoms with Gasteiger partial charge in [-0.05, 0) is 37.8 Å². The van der Waals surface area contributed by atoms with Gasteiger partial charge in [0, 0.05) is 0 Å². The van der Waals surface area contributed by atoms with Crippen molar-refractivity contribution < 1.29 is 19.4 Å². The van der Waals surface area contributed by atoms with E-state index in [2.05, 4.69) is 5.32 Å². The van der Waals surface area contributed by atoms with E-state index in [0.717, 1.165) is 41.0 Å². The molecule has 0 radical (unpaired) electrons. The van der Waals surface area contributed by atoms with Gasteiger partial charge in [0.25, 0.3) is 5.91 Å². The average Bonchev–Trinajstić information content (AvgIpc) is 2.79. The topological polar surface area (TPSA) is 78.9 Å². The van der Waals surface area contributed by atoms with Gasteiger partial charge in [0.1, 0.15) is 24.0 Å². The Bertz CT molecular complexity index is 647. The predicted octanol–water partition coefficient (Wildman–Crippen LogP) is 2.30. The molecule has 2 fully saturated rings. The van der Waals surface area contributed by atoms with Gasteiger partial charge in [-0.1, -0.05) is 37.5 Å². The Morgan fingerprint density at radius 2 is 1.84 bits per heavy atom. The van der Waals surface area contributed by atoms with Crippen LogP contribution in [-0.2, 0) is 4.79 Å². The van der Waals surface area contributed by atoms with Crippen LogP contribution in [0.5, 0.6) is 5.75 Å². The number of carbonyl (C=O) groups excluding carboxylic acids is 2. The highest BCUT2D eigenvalue weighted by molar-refractivity contribution is 6.07. The number of nitrogens with one attached hydrogen (secondary N) is 1. The van der Waals surface area contributed by atoms with Crippen LogP contribution in [0.25, 0.3) is 0 Å². The first-order chi connectivity index (χ1) is 11.9. The Morgan fingerprint density at radius 3 is 2.48 bits per heavy atom. The van der Waals surface area contributed by atoms with Gasteiger partial charge in [0.15, 0.2) is 0 Å². The Hall–Kier alpha value is -2.08. The maximum Gasteiger partial charge on any atom is 0.325 e. The Morgan fingerprint density at radius 1 is 1.20 bits per heavy atom. The molecule has 1 atom stereocenters. The van der Waals surface area contributed by atoms with Gasteiger partial charge < -0.3 is 15.2 Å². The minimum absolute atomic E-state index is 0.0375. The lowest BCUT2D eigenvalue weighted by atomic mass is 9.82. The van der Waals surface area contributed by atoms with Crippen molar-refractivity contribution in [1.82, 2.24) is 10.2 Å². The van der Waals surface area contributed by atoms with Gasteiger partial charge in [-0.15, -0.1) is 0 Å². The second-order valence-electron chi connectivity index (χ2n) is 7.17. The number of benzene rings is 1. The number of aliphatic hydroxyl groups excluding tert-OH is 1. The molecule has 6 heteroatoms. The van der Waals surface area contributed by atoms with Crippen molar-refractivity contribution in [1.29, 1.82) is 0 Å². The number of aliphatic hydroxyl groups is 1. The van der Waals surface area contributed by atoms with E-state index in [0.29, 0.717) is 12.8 Å². The van der Waals surface area contributed by atoms with Gasteiger partial charge >= 0.3 is 6.03 Å². The summed E-state index contributed by atoms with van der Waals surface area (Å²) in [5.41, 5.74) is 1.23. The maximum atomic E-state index is 12.7. The lowest BCUT2D eigenvalue weighted by molar-refractivity contribution is -0.133. The van der Waals surface area contributed by atoms with Crippen molar-refractivity contribution in [3.63, 3.8) is 0 Å². The molecule has 0 unspecified atom stereocenters. The number of β-amino-alcohol motifs (C(OH)–C–C–N with tert-alkyl or cyclic N) is 1. The van der Waals surface area contributed by atoms with Crippen LogP contribution >= 0.6 is 0 Å². The summed E-state index contributed by atoms with van der Waals surface area (Å²) in [5.74, 6) is 0.533. The molecule has 6 nitrogen and oxygen atoms in total. The third kappa shape index (κ3) is 3.49. The molecule has 0 aromatic heterocycles. The molecule has 2 aliphatic rings. The van der Waals surface area contributed by atoms with Crippen LogP contribution in [0.15, 0.2) is 18.2 Å². The standard InChI is InChI=1S/C19H26N2O4/c1-13-7-6-8-14(2)16(13)25-12-15(22)11-21-17(23)19(20-18(21)24)9-4-3-5-10-19/h6-8,15,22H,3-5,9-12H2,1-2H3,(H,20,24)/t15-/m1/s1. The fraction of sp³-hybridized carbons (Fsp3) is 0.579. The molecule has 1 aromatic rings. The van der Waals surface area contributed by atoms with Crippen LogP contribution < -0.4 is 10.1 Å². The molecule has 3 rings (SSSR count). The molecule has 1 saturated heterocycles. The number of imide groups is 1. The number of urea groups is 1. The molecular formula is C19H26N2O4. The number of hydrogen-bond donors (Lipinski definition) is 2. The third-order valence-electron chi connectivity index (χ3n) is 5.18. The quantitative estimate of drug-likeness (QED) is 0.802. The summed E-state index contributed by atoms with van der Waals surface area (Å²) in [6.07, 6.45) is 3.42. The first-order valence-electron chi connectivity index (χ1n) is 8.94. The average molecular weight is 346 g/mol. The Kier molecular flexibility index (Phi) is 4.99. The zero-order valence-corrected chi connectivity index (χ0v) is 14.9. The monoisotopic (exact) mass is 346 g/mol. The van der Waals surface area contributed by atoms with E-state index in [9.17, 15) is 14.7 Å². The highest BCUT2D eigenvalue weighted by atomic mass is 16.5. The van der Waals surface area contributed by atoms with Crippen LogP contribution in [0, 0.1) is 13.8 Å². The first-order valence-corrected chi connectivity index (χ1v) is 8.94. The SMILES string of the molecule is Cc1cccc(C)c1OC[C@H](O)CN1C(=O)NC2(CCCCC2)C1=O. The van der Waals surface area contributed by atoms with Gasteiger partial charge in [0.2, 0.25) is 0 Å². The lowest BCUT2D eigenvalue weighted by Crippen LogP contribution is -2.48. The lowest BCUT2D eigenvalue weighted by Gasteiger charge is -2.30. The first kappa shape index (κ1) is 17.7. The van der Waals surface area contributed by atoms with Crippen LogP contribution in [-0.4, -0.2) is 46.7 Å². The summed E-state index contributed by atoms with van der Waals surface area (Å²) < 4.78 is 5.73. The van der Waals surface area contributed by atoms with E-state index in [1.807, 2.05) is 32.0 Å². The summed E-state index contributed by atoms with van der Waals surface area (Å²) in [5, 5.41) is 13.1. The number of hydrogen-bond acceptors (Lipinski definition) is 4. The molecule has 1 saturated carbocycles. The molecule has 25 heavy (non-hydrogen) atoms. The van der Waals surface area contributed by atoms with Gasteiger partial charge in [-0.2, -0.15) is 0 Å².